The van der Waals surface area contributed by atoms with Gasteiger partial charge in [-0.05, 0) is 55.3 Å². The maximum Gasteiger partial charge on any atom is 0.254 e. The lowest BCUT2D eigenvalue weighted by Crippen LogP contribution is -2.50. The molecule has 2 N–H and O–H groups in total. The van der Waals surface area contributed by atoms with Crippen molar-refractivity contribution in [3.05, 3.63) is 59.1 Å². The number of likely N-dealkylation sites (tertiary alicyclic amines) is 1. The highest BCUT2D eigenvalue weighted by atomic mass is 35.5. The van der Waals surface area contributed by atoms with Crippen molar-refractivity contribution in [2.75, 3.05) is 26.8 Å². The quantitative estimate of drug-likeness (QED) is 0.748. The Labute approximate surface area is 175 Å². The molecule has 3 rings (SSSR count). The zero-order valence-corrected chi connectivity index (χ0v) is 17.2. The molecule has 1 aliphatic heterocycles. The SMILES string of the molecule is COc1cccc(C(=O)N2CCC[C@@](COc3ccc(Cl)cc3)(CC(N)=O)C2)c1. The minimum atomic E-state index is -0.530. The number of hydrogen-bond acceptors (Lipinski definition) is 4. The van der Waals surface area contributed by atoms with Crippen LogP contribution in [0.5, 0.6) is 11.5 Å². The second kappa shape index (κ2) is 9.18. The molecule has 0 saturated carbocycles. The third-order valence-corrected chi connectivity index (χ3v) is 5.43. The normalized spacial score (nSPS) is 18.9. The molecule has 2 amide bonds. The molecule has 1 aliphatic rings. The van der Waals surface area contributed by atoms with Gasteiger partial charge in [-0.1, -0.05) is 17.7 Å². The molecule has 0 unspecified atom stereocenters. The summed E-state index contributed by atoms with van der Waals surface area (Å²) in [6.45, 7) is 1.32. The molecule has 2 aromatic rings. The molecule has 2 aromatic carbocycles. The van der Waals surface area contributed by atoms with Crippen LogP contribution in [0.25, 0.3) is 0 Å². The number of benzene rings is 2. The van der Waals surface area contributed by atoms with E-state index in [1.165, 1.54) is 0 Å². The Hall–Kier alpha value is -2.73. The predicted octanol–water partition coefficient (Wildman–Crippen LogP) is 3.53. The molecule has 0 bridgehead atoms. The van der Waals surface area contributed by atoms with Crippen LogP contribution in [-0.2, 0) is 4.79 Å². The molecule has 29 heavy (non-hydrogen) atoms. The Kier molecular flexibility index (Phi) is 6.64. The molecule has 0 aromatic heterocycles. The van der Waals surface area contributed by atoms with Crippen LogP contribution in [-0.4, -0.2) is 43.5 Å². The zero-order valence-electron chi connectivity index (χ0n) is 16.4. The molecule has 7 heteroatoms. The standard InChI is InChI=1S/C22H25ClN2O4/c1-28-19-5-2-4-16(12-19)21(27)25-11-3-10-22(14-25,13-20(24)26)15-29-18-8-6-17(23)7-9-18/h2,4-9,12H,3,10-11,13-15H2,1H3,(H2,24,26)/t22-/m1/s1. The van der Waals surface area contributed by atoms with E-state index in [1.807, 2.05) is 0 Å². The number of primary amides is 1. The molecule has 1 heterocycles. The first-order valence-electron chi connectivity index (χ1n) is 9.51. The van der Waals surface area contributed by atoms with Crippen LogP contribution in [0.15, 0.2) is 48.5 Å². The van der Waals surface area contributed by atoms with Gasteiger partial charge in [0.25, 0.3) is 5.91 Å². The van der Waals surface area contributed by atoms with E-state index in [9.17, 15) is 9.59 Å². The number of hydrogen-bond donors (Lipinski definition) is 1. The summed E-state index contributed by atoms with van der Waals surface area (Å²) in [5, 5.41) is 0.622. The second-order valence-corrected chi connectivity index (χ2v) is 7.88. The van der Waals surface area contributed by atoms with Crippen molar-refractivity contribution < 1.29 is 19.1 Å². The van der Waals surface area contributed by atoms with Gasteiger partial charge in [0, 0.05) is 35.5 Å². The predicted molar refractivity (Wildman–Crippen MR) is 111 cm³/mol. The van der Waals surface area contributed by atoms with Crippen molar-refractivity contribution >= 4 is 23.4 Å². The molecule has 0 radical (unpaired) electrons. The third-order valence-electron chi connectivity index (χ3n) is 5.17. The molecule has 1 atom stereocenters. The van der Waals surface area contributed by atoms with Crippen LogP contribution in [0, 0.1) is 5.41 Å². The van der Waals surface area contributed by atoms with Gasteiger partial charge >= 0.3 is 0 Å². The van der Waals surface area contributed by atoms with Gasteiger partial charge in [-0.2, -0.15) is 0 Å². The molecular weight excluding hydrogens is 392 g/mol. The molecule has 1 fully saturated rings. The van der Waals surface area contributed by atoms with Crippen LogP contribution >= 0.6 is 11.6 Å². The lowest BCUT2D eigenvalue weighted by atomic mass is 9.77. The van der Waals surface area contributed by atoms with Gasteiger partial charge in [0.15, 0.2) is 0 Å². The third kappa shape index (κ3) is 5.41. The number of methoxy groups -OCH3 is 1. The fraction of sp³-hybridized carbons (Fsp3) is 0.364. The van der Waals surface area contributed by atoms with Gasteiger partial charge < -0.3 is 20.1 Å². The smallest absolute Gasteiger partial charge is 0.254 e. The maximum absolute atomic E-state index is 13.1. The van der Waals surface area contributed by atoms with Crippen LogP contribution < -0.4 is 15.2 Å². The molecule has 6 nitrogen and oxygen atoms in total. The fourth-order valence-corrected chi connectivity index (χ4v) is 3.90. The number of rotatable bonds is 7. The molecule has 0 aliphatic carbocycles. The summed E-state index contributed by atoms with van der Waals surface area (Å²) in [6, 6.07) is 14.1. The highest BCUT2D eigenvalue weighted by molar-refractivity contribution is 6.30. The number of ether oxygens (including phenoxy) is 2. The van der Waals surface area contributed by atoms with Crippen LogP contribution in [0.2, 0.25) is 5.02 Å². The van der Waals surface area contributed by atoms with E-state index < -0.39 is 11.3 Å². The minimum absolute atomic E-state index is 0.0936. The van der Waals surface area contributed by atoms with E-state index >= 15 is 0 Å². The Morgan fingerprint density at radius 1 is 1.17 bits per heavy atom. The van der Waals surface area contributed by atoms with E-state index in [2.05, 4.69) is 0 Å². The summed E-state index contributed by atoms with van der Waals surface area (Å²) < 4.78 is 11.2. The van der Waals surface area contributed by atoms with Crippen molar-refractivity contribution in [3.63, 3.8) is 0 Å². The lowest BCUT2D eigenvalue weighted by Gasteiger charge is -2.42. The van der Waals surface area contributed by atoms with Gasteiger partial charge in [-0.3, -0.25) is 9.59 Å². The van der Waals surface area contributed by atoms with Crippen molar-refractivity contribution in [2.45, 2.75) is 19.3 Å². The van der Waals surface area contributed by atoms with E-state index in [1.54, 1.807) is 60.5 Å². The number of carbonyl (C=O) groups excluding carboxylic acids is 2. The highest BCUT2D eigenvalue weighted by Crippen LogP contribution is 2.35. The number of amides is 2. The molecule has 154 valence electrons. The number of carbonyl (C=O) groups is 2. The Balaban J connectivity index is 1.76. The average molecular weight is 417 g/mol. The minimum Gasteiger partial charge on any atom is -0.497 e. The Morgan fingerprint density at radius 2 is 1.93 bits per heavy atom. The summed E-state index contributed by atoms with van der Waals surface area (Å²) in [5.41, 5.74) is 5.56. The van der Waals surface area contributed by atoms with Crippen molar-refractivity contribution in [1.29, 1.82) is 0 Å². The highest BCUT2D eigenvalue weighted by Gasteiger charge is 2.39. The van der Waals surface area contributed by atoms with Gasteiger partial charge in [0.2, 0.25) is 5.91 Å². The van der Waals surface area contributed by atoms with E-state index in [0.717, 1.165) is 12.8 Å². The molecule has 0 spiro atoms. The number of piperidine rings is 1. The summed E-state index contributed by atoms with van der Waals surface area (Å²) in [6.07, 6.45) is 1.68. The van der Waals surface area contributed by atoms with Gasteiger partial charge in [0.05, 0.1) is 13.7 Å². The van der Waals surface area contributed by atoms with Crippen LogP contribution in [0.3, 0.4) is 0 Å². The number of halogens is 1. The van der Waals surface area contributed by atoms with Crippen molar-refractivity contribution in [1.82, 2.24) is 4.90 Å². The summed E-state index contributed by atoms with van der Waals surface area (Å²) in [7, 11) is 1.57. The van der Waals surface area contributed by atoms with E-state index in [0.29, 0.717) is 41.8 Å². The van der Waals surface area contributed by atoms with Crippen LogP contribution in [0.1, 0.15) is 29.6 Å². The first kappa shape index (κ1) is 21.0. The van der Waals surface area contributed by atoms with Gasteiger partial charge in [0.1, 0.15) is 11.5 Å². The van der Waals surface area contributed by atoms with Crippen molar-refractivity contribution in [3.8, 4) is 11.5 Å². The topological polar surface area (TPSA) is 81.9 Å². The number of nitrogens with two attached hydrogens (primary N) is 1. The summed E-state index contributed by atoms with van der Waals surface area (Å²) >= 11 is 5.92. The van der Waals surface area contributed by atoms with E-state index in [4.69, 9.17) is 26.8 Å². The number of nitrogens with zero attached hydrogens (tertiary/aromatic N) is 1. The average Bonchev–Trinajstić information content (AvgIpc) is 2.72. The first-order valence-corrected chi connectivity index (χ1v) is 9.89. The lowest BCUT2D eigenvalue weighted by molar-refractivity contribution is -0.122. The van der Waals surface area contributed by atoms with Gasteiger partial charge in [-0.25, -0.2) is 0 Å². The largest absolute Gasteiger partial charge is 0.497 e. The molecule has 1 saturated heterocycles. The maximum atomic E-state index is 13.1. The van der Waals surface area contributed by atoms with Crippen molar-refractivity contribution in [2.24, 2.45) is 11.1 Å². The van der Waals surface area contributed by atoms with E-state index in [-0.39, 0.29) is 12.3 Å². The second-order valence-electron chi connectivity index (χ2n) is 7.45. The molecular formula is C22H25ClN2O4. The zero-order chi connectivity index (χ0) is 20.9. The summed E-state index contributed by atoms with van der Waals surface area (Å²) in [4.78, 5) is 26.6. The monoisotopic (exact) mass is 416 g/mol. The Morgan fingerprint density at radius 3 is 2.62 bits per heavy atom. The first-order chi connectivity index (χ1) is 13.9. The Bertz CT molecular complexity index is 871. The van der Waals surface area contributed by atoms with Gasteiger partial charge in [-0.15, -0.1) is 0 Å². The fourth-order valence-electron chi connectivity index (χ4n) is 3.77. The summed E-state index contributed by atoms with van der Waals surface area (Å²) in [5.74, 6) is 0.793. The van der Waals surface area contributed by atoms with Crippen LogP contribution in [0.4, 0.5) is 0 Å².